The van der Waals surface area contributed by atoms with Crippen LogP contribution in [0.2, 0.25) is 10.0 Å². The fourth-order valence-electron chi connectivity index (χ4n) is 3.71. The number of fused-ring (bicyclic) bond motifs is 1. The molecule has 0 aliphatic carbocycles. The predicted octanol–water partition coefficient (Wildman–Crippen LogP) is 4.95. The highest BCUT2D eigenvalue weighted by Gasteiger charge is 2.29. The lowest BCUT2D eigenvalue weighted by Gasteiger charge is -2.07. The summed E-state index contributed by atoms with van der Waals surface area (Å²) in [7, 11) is 0. The van der Waals surface area contributed by atoms with Crippen LogP contribution in [0.1, 0.15) is 23.4 Å². The van der Waals surface area contributed by atoms with Crippen molar-refractivity contribution in [2.24, 2.45) is 0 Å². The van der Waals surface area contributed by atoms with Gasteiger partial charge in [0.05, 0.1) is 23.0 Å². The Morgan fingerprint density at radius 1 is 1.11 bits per heavy atom. The third kappa shape index (κ3) is 3.67. The lowest BCUT2D eigenvalue weighted by atomic mass is 10.1. The van der Waals surface area contributed by atoms with Crippen molar-refractivity contribution in [3.63, 3.8) is 0 Å². The number of aryl methyl sites for hydroxylation is 2. The quantitative estimate of drug-likeness (QED) is 0.602. The highest BCUT2D eigenvalue weighted by atomic mass is 35.5. The van der Waals surface area contributed by atoms with Gasteiger partial charge < -0.3 is 5.32 Å². The third-order valence-corrected chi connectivity index (χ3v) is 6.05. The molecule has 0 saturated heterocycles. The molecule has 0 atom stereocenters. The number of nitrogens with zero attached hydrogens (tertiary/aromatic N) is 2. The van der Waals surface area contributed by atoms with E-state index in [0.29, 0.717) is 10.0 Å². The Bertz CT molecular complexity index is 1070. The van der Waals surface area contributed by atoms with Gasteiger partial charge in [-0.3, -0.25) is 4.79 Å². The number of carbonyl (C=O) groups excluding carboxylic acids is 1. The number of benzene rings is 2. The van der Waals surface area contributed by atoms with Gasteiger partial charge in [-0.1, -0.05) is 29.3 Å². The van der Waals surface area contributed by atoms with E-state index in [0.717, 1.165) is 47.7 Å². The van der Waals surface area contributed by atoms with Crippen LogP contribution in [-0.2, 0) is 24.3 Å². The molecular formula is C22H22Cl2N3O+. The fourth-order valence-corrected chi connectivity index (χ4v) is 4.00. The van der Waals surface area contributed by atoms with Crippen LogP contribution in [0.15, 0.2) is 42.6 Å². The Kier molecular flexibility index (Phi) is 5.17. The summed E-state index contributed by atoms with van der Waals surface area (Å²) in [6, 6.07) is 11.6. The highest BCUT2D eigenvalue weighted by molar-refractivity contribution is 6.42. The van der Waals surface area contributed by atoms with E-state index < -0.39 is 0 Å². The minimum Gasteiger partial charge on any atom is -0.323 e. The van der Waals surface area contributed by atoms with Crippen molar-refractivity contribution in [2.75, 3.05) is 5.32 Å². The summed E-state index contributed by atoms with van der Waals surface area (Å²) in [6.07, 6.45) is 4.07. The fraction of sp³-hybridized carbons (Fsp3) is 0.273. The molecule has 4 nitrogen and oxygen atoms in total. The molecule has 1 aliphatic heterocycles. The van der Waals surface area contributed by atoms with Crippen molar-refractivity contribution in [3.05, 3.63) is 69.6 Å². The summed E-state index contributed by atoms with van der Waals surface area (Å²) in [4.78, 5) is 12.6. The first-order valence-electron chi connectivity index (χ1n) is 9.37. The van der Waals surface area contributed by atoms with Crippen LogP contribution in [0.4, 0.5) is 5.69 Å². The van der Waals surface area contributed by atoms with Crippen LogP contribution in [0.3, 0.4) is 0 Å². The lowest BCUT2D eigenvalue weighted by molar-refractivity contribution is -0.690. The summed E-state index contributed by atoms with van der Waals surface area (Å²) in [6.45, 7) is 5.33. The van der Waals surface area contributed by atoms with E-state index in [1.54, 1.807) is 0 Å². The molecule has 0 bridgehead atoms. The lowest BCUT2D eigenvalue weighted by Crippen LogP contribution is -2.42. The third-order valence-electron chi connectivity index (χ3n) is 5.31. The number of nitrogens with one attached hydrogen (secondary N) is 1. The molecule has 144 valence electrons. The van der Waals surface area contributed by atoms with Gasteiger partial charge in [-0.2, -0.15) is 0 Å². The van der Waals surface area contributed by atoms with Crippen molar-refractivity contribution in [2.45, 2.75) is 39.8 Å². The van der Waals surface area contributed by atoms with Crippen molar-refractivity contribution in [1.29, 1.82) is 0 Å². The van der Waals surface area contributed by atoms with E-state index in [4.69, 9.17) is 23.2 Å². The molecule has 0 saturated carbocycles. The van der Waals surface area contributed by atoms with Gasteiger partial charge >= 0.3 is 0 Å². The average Bonchev–Trinajstić information content (AvgIpc) is 3.25. The molecule has 1 aromatic heterocycles. The van der Waals surface area contributed by atoms with E-state index in [1.165, 1.54) is 5.56 Å². The SMILES string of the molecule is Cc1ccc(NC(=O)C[n+]2cc(-c3ccc(Cl)c(Cl)c3)n3c2CCC3)cc1C. The van der Waals surface area contributed by atoms with Crippen LogP contribution in [0.25, 0.3) is 11.3 Å². The van der Waals surface area contributed by atoms with E-state index in [1.807, 2.05) is 54.1 Å². The molecule has 0 radical (unpaired) electrons. The van der Waals surface area contributed by atoms with Crippen molar-refractivity contribution < 1.29 is 9.36 Å². The zero-order valence-corrected chi connectivity index (χ0v) is 17.4. The molecule has 0 unspecified atom stereocenters. The summed E-state index contributed by atoms with van der Waals surface area (Å²) in [5.74, 6) is 1.13. The largest absolute Gasteiger partial charge is 0.323 e. The van der Waals surface area contributed by atoms with Crippen molar-refractivity contribution >= 4 is 34.8 Å². The molecule has 2 heterocycles. The van der Waals surface area contributed by atoms with Crippen LogP contribution in [0.5, 0.6) is 0 Å². The number of carbonyl (C=O) groups is 1. The topological polar surface area (TPSA) is 37.9 Å². The van der Waals surface area contributed by atoms with E-state index in [2.05, 4.69) is 16.8 Å². The average molecular weight is 415 g/mol. The normalized spacial score (nSPS) is 12.9. The number of aromatic nitrogens is 2. The minimum absolute atomic E-state index is 0.0331. The smallest absolute Gasteiger partial charge is 0.266 e. The second-order valence-electron chi connectivity index (χ2n) is 7.29. The molecule has 1 aliphatic rings. The van der Waals surface area contributed by atoms with Gasteiger partial charge in [0.25, 0.3) is 11.7 Å². The Labute approximate surface area is 174 Å². The van der Waals surface area contributed by atoms with Gasteiger partial charge in [-0.05, 0) is 61.7 Å². The number of anilines is 1. The standard InChI is InChI=1S/C22H21Cl2N3O/c1-14-5-7-17(10-15(14)2)25-21(28)13-26-12-20(27-9-3-4-22(26)27)16-6-8-18(23)19(24)11-16/h5-8,10-12H,3-4,9,13H2,1-2H3/p+1. The van der Waals surface area contributed by atoms with Crippen molar-refractivity contribution in [3.8, 4) is 11.3 Å². The van der Waals surface area contributed by atoms with E-state index >= 15 is 0 Å². The summed E-state index contributed by atoms with van der Waals surface area (Å²) >= 11 is 12.3. The zero-order valence-electron chi connectivity index (χ0n) is 15.9. The molecule has 1 amide bonds. The van der Waals surface area contributed by atoms with Crippen LogP contribution >= 0.6 is 23.2 Å². The Morgan fingerprint density at radius 2 is 1.93 bits per heavy atom. The van der Waals surface area contributed by atoms with Crippen LogP contribution in [0, 0.1) is 13.8 Å². The zero-order chi connectivity index (χ0) is 19.8. The van der Waals surface area contributed by atoms with Crippen LogP contribution in [-0.4, -0.2) is 10.5 Å². The second kappa shape index (κ2) is 7.61. The highest BCUT2D eigenvalue weighted by Crippen LogP contribution is 2.30. The number of halogens is 2. The van der Waals surface area contributed by atoms with Gasteiger partial charge in [0.2, 0.25) is 0 Å². The Balaban J connectivity index is 1.59. The number of amides is 1. The molecule has 4 rings (SSSR count). The molecule has 0 spiro atoms. The van der Waals surface area contributed by atoms with Crippen LogP contribution < -0.4 is 9.88 Å². The summed E-state index contributed by atoms with van der Waals surface area (Å²) < 4.78 is 4.31. The first-order chi connectivity index (χ1) is 13.4. The summed E-state index contributed by atoms with van der Waals surface area (Å²) in [5.41, 5.74) is 5.27. The van der Waals surface area contributed by atoms with Gasteiger partial charge in [0.1, 0.15) is 6.20 Å². The maximum atomic E-state index is 12.6. The maximum absolute atomic E-state index is 12.6. The minimum atomic E-state index is -0.0331. The molecule has 3 aromatic rings. The van der Waals surface area contributed by atoms with Crippen molar-refractivity contribution in [1.82, 2.24) is 4.57 Å². The van der Waals surface area contributed by atoms with Gasteiger partial charge in [0.15, 0.2) is 12.2 Å². The second-order valence-corrected chi connectivity index (χ2v) is 8.10. The summed E-state index contributed by atoms with van der Waals surface area (Å²) in [5, 5.41) is 4.08. The molecule has 1 N–H and O–H groups in total. The Hall–Kier alpha value is -2.30. The molecule has 0 fully saturated rings. The predicted molar refractivity (Wildman–Crippen MR) is 113 cm³/mol. The number of rotatable bonds is 4. The van der Waals surface area contributed by atoms with E-state index in [9.17, 15) is 4.79 Å². The number of imidazole rings is 1. The monoisotopic (exact) mass is 414 g/mol. The van der Waals surface area contributed by atoms with E-state index in [-0.39, 0.29) is 12.5 Å². The molecule has 6 heteroatoms. The molecule has 28 heavy (non-hydrogen) atoms. The number of hydrogen-bond acceptors (Lipinski definition) is 1. The first-order valence-corrected chi connectivity index (χ1v) is 10.1. The van der Waals surface area contributed by atoms with Gasteiger partial charge in [-0.25, -0.2) is 9.13 Å². The molecule has 2 aromatic carbocycles. The van der Waals surface area contributed by atoms with Gasteiger partial charge in [-0.15, -0.1) is 0 Å². The maximum Gasteiger partial charge on any atom is 0.266 e. The Morgan fingerprint density at radius 3 is 2.68 bits per heavy atom. The first kappa shape index (κ1) is 19.0. The van der Waals surface area contributed by atoms with Gasteiger partial charge in [0, 0.05) is 11.3 Å². The number of hydrogen-bond donors (Lipinski definition) is 1. The molecular weight excluding hydrogens is 393 g/mol.